The quantitative estimate of drug-likeness (QED) is 0.907. The van der Waals surface area contributed by atoms with Crippen molar-refractivity contribution in [3.63, 3.8) is 0 Å². The van der Waals surface area contributed by atoms with Gasteiger partial charge >= 0.3 is 0 Å². The number of aryl methyl sites for hydroxylation is 1. The topological polar surface area (TPSA) is 37.4 Å². The standard InChI is InChI=1S/C16H27N3OS/c1-3-9-17-13-5-4-6-14-15(13)21-16(18-14)19(2)12-7-10-20-11-8-12/h12-13,17H,3-11H2,1-2H3. The van der Waals surface area contributed by atoms with Crippen molar-refractivity contribution < 1.29 is 4.74 Å². The number of fused-ring (bicyclic) bond motifs is 1. The lowest BCUT2D eigenvalue weighted by atomic mass is 9.98. The van der Waals surface area contributed by atoms with Crippen molar-refractivity contribution in [1.82, 2.24) is 10.3 Å². The van der Waals surface area contributed by atoms with E-state index in [9.17, 15) is 0 Å². The lowest BCUT2D eigenvalue weighted by Gasteiger charge is -2.30. The van der Waals surface area contributed by atoms with Gasteiger partial charge < -0.3 is 15.0 Å². The minimum absolute atomic E-state index is 0.531. The number of hydrogen-bond acceptors (Lipinski definition) is 5. The summed E-state index contributed by atoms with van der Waals surface area (Å²) in [6, 6.07) is 1.12. The Morgan fingerprint density at radius 3 is 2.90 bits per heavy atom. The Hall–Kier alpha value is -0.650. The summed E-state index contributed by atoms with van der Waals surface area (Å²) in [5, 5.41) is 4.90. The van der Waals surface area contributed by atoms with E-state index in [-0.39, 0.29) is 0 Å². The smallest absolute Gasteiger partial charge is 0.185 e. The lowest BCUT2D eigenvalue weighted by Crippen LogP contribution is -2.36. The van der Waals surface area contributed by atoms with Gasteiger partial charge in [-0.05, 0) is 45.1 Å². The molecule has 4 nitrogen and oxygen atoms in total. The third-order valence-electron chi connectivity index (χ3n) is 4.62. The molecule has 118 valence electrons. The van der Waals surface area contributed by atoms with Crippen molar-refractivity contribution in [2.24, 2.45) is 0 Å². The van der Waals surface area contributed by atoms with Gasteiger partial charge in [0, 0.05) is 37.2 Å². The summed E-state index contributed by atoms with van der Waals surface area (Å²) < 4.78 is 5.47. The van der Waals surface area contributed by atoms with E-state index in [2.05, 4.69) is 24.2 Å². The highest BCUT2D eigenvalue weighted by molar-refractivity contribution is 7.15. The van der Waals surface area contributed by atoms with E-state index in [1.165, 1.54) is 35.0 Å². The second kappa shape index (κ2) is 7.07. The Labute approximate surface area is 131 Å². The summed E-state index contributed by atoms with van der Waals surface area (Å²) in [6.45, 7) is 5.11. The van der Waals surface area contributed by atoms with Gasteiger partial charge in [0.15, 0.2) is 5.13 Å². The van der Waals surface area contributed by atoms with Crippen LogP contribution in [0.25, 0.3) is 0 Å². The molecule has 2 aliphatic rings. The van der Waals surface area contributed by atoms with Crippen molar-refractivity contribution in [2.75, 3.05) is 31.7 Å². The minimum atomic E-state index is 0.531. The highest BCUT2D eigenvalue weighted by Crippen LogP contribution is 2.38. The zero-order valence-corrected chi connectivity index (χ0v) is 14.0. The van der Waals surface area contributed by atoms with Gasteiger partial charge in [-0.25, -0.2) is 4.98 Å². The molecule has 1 aromatic heterocycles. The molecule has 0 bridgehead atoms. The number of rotatable bonds is 5. The molecule has 21 heavy (non-hydrogen) atoms. The van der Waals surface area contributed by atoms with Crippen molar-refractivity contribution in [1.29, 1.82) is 0 Å². The maximum absolute atomic E-state index is 5.47. The molecule has 3 rings (SSSR count). The summed E-state index contributed by atoms with van der Waals surface area (Å²) in [6.07, 6.45) is 7.11. The highest BCUT2D eigenvalue weighted by Gasteiger charge is 2.27. The summed E-state index contributed by atoms with van der Waals surface area (Å²) >= 11 is 1.91. The molecule has 1 N–H and O–H groups in total. The zero-order valence-electron chi connectivity index (χ0n) is 13.2. The summed E-state index contributed by atoms with van der Waals surface area (Å²) in [7, 11) is 2.20. The molecule has 1 aromatic rings. The number of anilines is 1. The molecular formula is C16H27N3OS. The predicted octanol–water partition coefficient (Wildman–Crippen LogP) is 3.14. The van der Waals surface area contributed by atoms with Gasteiger partial charge in [0.05, 0.1) is 5.69 Å². The molecule has 2 heterocycles. The molecule has 0 aromatic carbocycles. The van der Waals surface area contributed by atoms with Crippen LogP contribution >= 0.6 is 11.3 Å². The van der Waals surface area contributed by atoms with Crippen LogP contribution in [0.1, 0.15) is 55.6 Å². The molecule has 1 saturated heterocycles. The van der Waals surface area contributed by atoms with Crippen LogP contribution in [0, 0.1) is 0 Å². The number of thiazole rings is 1. The second-order valence-electron chi connectivity index (χ2n) is 6.16. The van der Waals surface area contributed by atoms with Crippen molar-refractivity contribution in [3.8, 4) is 0 Å². The fourth-order valence-electron chi connectivity index (χ4n) is 3.30. The molecule has 1 unspecified atom stereocenters. The number of ether oxygens (including phenoxy) is 1. The van der Waals surface area contributed by atoms with Crippen LogP contribution in [-0.4, -0.2) is 37.8 Å². The molecular weight excluding hydrogens is 282 g/mol. The van der Waals surface area contributed by atoms with Gasteiger partial charge in [-0.3, -0.25) is 0 Å². The first-order valence-corrected chi connectivity index (χ1v) is 9.14. The Bertz CT molecular complexity index is 456. The fraction of sp³-hybridized carbons (Fsp3) is 0.812. The first-order valence-electron chi connectivity index (χ1n) is 8.33. The van der Waals surface area contributed by atoms with Crippen LogP contribution in [0.15, 0.2) is 0 Å². The summed E-state index contributed by atoms with van der Waals surface area (Å²) in [5.74, 6) is 0. The molecule has 1 fully saturated rings. The number of hydrogen-bond donors (Lipinski definition) is 1. The SMILES string of the molecule is CCCNC1CCCc2nc(N(C)C3CCOCC3)sc21. The largest absolute Gasteiger partial charge is 0.381 e. The Morgan fingerprint density at radius 2 is 2.14 bits per heavy atom. The summed E-state index contributed by atoms with van der Waals surface area (Å²) in [5.41, 5.74) is 1.34. The van der Waals surface area contributed by atoms with E-state index >= 15 is 0 Å². The predicted molar refractivity (Wildman–Crippen MR) is 88.3 cm³/mol. The van der Waals surface area contributed by atoms with Crippen LogP contribution in [0.5, 0.6) is 0 Å². The van der Waals surface area contributed by atoms with Crippen molar-refractivity contribution in [3.05, 3.63) is 10.6 Å². The molecule has 1 aliphatic heterocycles. The van der Waals surface area contributed by atoms with E-state index < -0.39 is 0 Å². The minimum Gasteiger partial charge on any atom is -0.381 e. The number of aromatic nitrogens is 1. The van der Waals surface area contributed by atoms with Crippen LogP contribution in [0.4, 0.5) is 5.13 Å². The molecule has 0 spiro atoms. The van der Waals surface area contributed by atoms with Gasteiger partial charge in [0.2, 0.25) is 0 Å². The first-order chi connectivity index (χ1) is 10.3. The molecule has 5 heteroatoms. The maximum atomic E-state index is 5.47. The van der Waals surface area contributed by atoms with Crippen LogP contribution in [0.3, 0.4) is 0 Å². The van der Waals surface area contributed by atoms with Crippen LogP contribution < -0.4 is 10.2 Å². The van der Waals surface area contributed by atoms with Crippen molar-refractivity contribution >= 4 is 16.5 Å². The highest BCUT2D eigenvalue weighted by atomic mass is 32.1. The van der Waals surface area contributed by atoms with Gasteiger partial charge in [-0.1, -0.05) is 18.3 Å². The van der Waals surface area contributed by atoms with Gasteiger partial charge in [0.25, 0.3) is 0 Å². The first kappa shape index (κ1) is 15.3. The molecule has 0 saturated carbocycles. The average molecular weight is 309 g/mol. The molecule has 1 aliphatic carbocycles. The zero-order chi connectivity index (χ0) is 14.7. The lowest BCUT2D eigenvalue weighted by molar-refractivity contribution is 0.0855. The van der Waals surface area contributed by atoms with E-state index in [1.54, 1.807) is 0 Å². The average Bonchev–Trinajstić information content (AvgIpc) is 2.97. The third kappa shape index (κ3) is 3.41. The second-order valence-corrected chi connectivity index (χ2v) is 7.17. The van der Waals surface area contributed by atoms with Crippen LogP contribution in [-0.2, 0) is 11.2 Å². The maximum Gasteiger partial charge on any atom is 0.185 e. The Balaban J connectivity index is 1.74. The number of nitrogens with one attached hydrogen (secondary N) is 1. The monoisotopic (exact) mass is 309 g/mol. The third-order valence-corrected chi connectivity index (χ3v) is 5.92. The molecule has 1 atom stereocenters. The summed E-state index contributed by atoms with van der Waals surface area (Å²) in [4.78, 5) is 8.83. The molecule has 0 radical (unpaired) electrons. The molecule has 0 amide bonds. The van der Waals surface area contributed by atoms with E-state index in [4.69, 9.17) is 9.72 Å². The van der Waals surface area contributed by atoms with E-state index in [0.717, 1.165) is 39.0 Å². The normalized spacial score (nSPS) is 23.0. The Morgan fingerprint density at radius 1 is 1.33 bits per heavy atom. The fourth-order valence-corrected chi connectivity index (χ4v) is 4.55. The Kier molecular flexibility index (Phi) is 5.14. The van der Waals surface area contributed by atoms with E-state index in [1.807, 2.05) is 11.3 Å². The van der Waals surface area contributed by atoms with Crippen LogP contribution in [0.2, 0.25) is 0 Å². The number of nitrogens with zero attached hydrogens (tertiary/aromatic N) is 2. The van der Waals surface area contributed by atoms with Crippen molar-refractivity contribution in [2.45, 2.75) is 57.5 Å². The van der Waals surface area contributed by atoms with Gasteiger partial charge in [0.1, 0.15) is 0 Å². The van der Waals surface area contributed by atoms with Gasteiger partial charge in [-0.15, -0.1) is 0 Å². The van der Waals surface area contributed by atoms with Gasteiger partial charge in [-0.2, -0.15) is 0 Å². The van der Waals surface area contributed by atoms with E-state index in [0.29, 0.717) is 12.1 Å².